The van der Waals surface area contributed by atoms with Crippen LogP contribution in [0.4, 0.5) is 4.39 Å². The molecule has 1 aromatic carbocycles. The van der Waals surface area contributed by atoms with E-state index in [1.54, 1.807) is 0 Å². The van der Waals surface area contributed by atoms with Crippen LogP contribution >= 0.6 is 0 Å². The Morgan fingerprint density at radius 3 is 2.57 bits per heavy atom. The summed E-state index contributed by atoms with van der Waals surface area (Å²) in [7, 11) is 0. The Morgan fingerprint density at radius 1 is 1.43 bits per heavy atom. The normalized spacial score (nSPS) is 15.5. The Hall–Kier alpha value is -1.58. The molecule has 1 aliphatic carbocycles. The van der Waals surface area contributed by atoms with Gasteiger partial charge in [-0.1, -0.05) is 6.07 Å². The number of benzene rings is 1. The molecule has 1 saturated carbocycles. The summed E-state index contributed by atoms with van der Waals surface area (Å²) in [5.74, 6) is -2.60. The van der Waals surface area contributed by atoms with Crippen LogP contribution in [0.3, 0.4) is 0 Å². The van der Waals surface area contributed by atoms with E-state index >= 15 is 0 Å². The van der Waals surface area contributed by atoms with Gasteiger partial charge in [0.1, 0.15) is 17.1 Å². The van der Waals surface area contributed by atoms with Crippen LogP contribution in [0.2, 0.25) is 0 Å². The second kappa shape index (κ2) is 2.97. The molecule has 2 rings (SSSR count). The SMILES string of the molecule is O=C(O)c1c(O)ccc(C2CC2)c1F. The van der Waals surface area contributed by atoms with Crippen LogP contribution in [0, 0.1) is 5.82 Å². The second-order valence-electron chi connectivity index (χ2n) is 3.44. The van der Waals surface area contributed by atoms with Gasteiger partial charge in [0.25, 0.3) is 0 Å². The lowest BCUT2D eigenvalue weighted by Crippen LogP contribution is -2.03. The Bertz CT molecular complexity index is 397. The molecule has 0 amide bonds. The number of aromatic hydroxyl groups is 1. The molecule has 0 bridgehead atoms. The van der Waals surface area contributed by atoms with Crippen molar-refractivity contribution in [2.45, 2.75) is 18.8 Å². The van der Waals surface area contributed by atoms with Crippen molar-refractivity contribution in [2.24, 2.45) is 0 Å². The molecule has 1 aromatic rings. The quantitative estimate of drug-likeness (QED) is 0.761. The van der Waals surface area contributed by atoms with E-state index in [9.17, 15) is 9.18 Å². The minimum Gasteiger partial charge on any atom is -0.507 e. The third-order valence-electron chi connectivity index (χ3n) is 2.38. The first-order valence-electron chi connectivity index (χ1n) is 4.36. The van der Waals surface area contributed by atoms with Crippen molar-refractivity contribution in [3.05, 3.63) is 29.1 Å². The second-order valence-corrected chi connectivity index (χ2v) is 3.44. The molecule has 14 heavy (non-hydrogen) atoms. The van der Waals surface area contributed by atoms with Gasteiger partial charge in [0.15, 0.2) is 0 Å². The minimum atomic E-state index is -1.43. The van der Waals surface area contributed by atoms with E-state index in [2.05, 4.69) is 0 Å². The fourth-order valence-corrected chi connectivity index (χ4v) is 1.50. The number of rotatable bonds is 2. The third-order valence-corrected chi connectivity index (χ3v) is 2.38. The van der Waals surface area contributed by atoms with Gasteiger partial charge in [0.2, 0.25) is 0 Å². The van der Waals surface area contributed by atoms with Crippen LogP contribution in [0.25, 0.3) is 0 Å². The highest BCUT2D eigenvalue weighted by Gasteiger charge is 2.30. The van der Waals surface area contributed by atoms with E-state index in [1.807, 2.05) is 0 Å². The van der Waals surface area contributed by atoms with Gasteiger partial charge in [0.05, 0.1) is 0 Å². The van der Waals surface area contributed by atoms with Gasteiger partial charge in [-0.05, 0) is 30.4 Å². The lowest BCUT2D eigenvalue weighted by molar-refractivity contribution is 0.0688. The first-order chi connectivity index (χ1) is 6.61. The van der Waals surface area contributed by atoms with Crippen molar-refractivity contribution in [3.8, 4) is 5.75 Å². The Morgan fingerprint density at radius 2 is 2.07 bits per heavy atom. The molecule has 0 atom stereocenters. The highest BCUT2D eigenvalue weighted by Crippen LogP contribution is 2.42. The Kier molecular flexibility index (Phi) is 1.91. The van der Waals surface area contributed by atoms with Crippen LogP contribution in [-0.2, 0) is 0 Å². The van der Waals surface area contributed by atoms with E-state index < -0.39 is 23.1 Å². The topological polar surface area (TPSA) is 57.5 Å². The van der Waals surface area contributed by atoms with Crippen molar-refractivity contribution in [1.29, 1.82) is 0 Å². The van der Waals surface area contributed by atoms with Crippen LogP contribution in [0.15, 0.2) is 12.1 Å². The molecule has 0 aliphatic heterocycles. The van der Waals surface area contributed by atoms with Gasteiger partial charge >= 0.3 is 5.97 Å². The monoisotopic (exact) mass is 196 g/mol. The highest BCUT2D eigenvalue weighted by molar-refractivity contribution is 5.91. The van der Waals surface area contributed by atoms with E-state index in [0.717, 1.165) is 12.8 Å². The maximum atomic E-state index is 13.5. The zero-order valence-corrected chi connectivity index (χ0v) is 7.33. The molecule has 0 saturated heterocycles. The number of halogens is 1. The smallest absolute Gasteiger partial charge is 0.342 e. The number of phenols is 1. The summed E-state index contributed by atoms with van der Waals surface area (Å²) in [6.45, 7) is 0. The first-order valence-corrected chi connectivity index (χ1v) is 4.36. The van der Waals surface area contributed by atoms with Crippen molar-refractivity contribution in [1.82, 2.24) is 0 Å². The van der Waals surface area contributed by atoms with Crippen molar-refractivity contribution in [3.63, 3.8) is 0 Å². The van der Waals surface area contributed by atoms with E-state index in [4.69, 9.17) is 10.2 Å². The van der Waals surface area contributed by atoms with E-state index in [1.165, 1.54) is 12.1 Å². The Balaban J connectivity index is 2.55. The molecule has 1 fully saturated rings. The van der Waals surface area contributed by atoms with Crippen LogP contribution in [0.1, 0.15) is 34.7 Å². The predicted molar refractivity (Wildman–Crippen MR) is 47.0 cm³/mol. The van der Waals surface area contributed by atoms with E-state index in [0.29, 0.717) is 5.56 Å². The Labute approximate surface area is 79.8 Å². The zero-order valence-electron chi connectivity index (χ0n) is 7.33. The molecule has 0 radical (unpaired) electrons. The summed E-state index contributed by atoms with van der Waals surface area (Å²) >= 11 is 0. The zero-order chi connectivity index (χ0) is 10.3. The summed E-state index contributed by atoms with van der Waals surface area (Å²) in [5.41, 5.74) is -0.213. The number of hydrogen-bond acceptors (Lipinski definition) is 2. The molecular formula is C10H9FO3. The van der Waals surface area contributed by atoms with Crippen LogP contribution < -0.4 is 0 Å². The maximum Gasteiger partial charge on any atom is 0.342 e. The molecule has 1 aliphatic rings. The number of carboxylic acids is 1. The summed E-state index contributed by atoms with van der Waals surface area (Å²) in [6, 6.07) is 2.69. The lowest BCUT2D eigenvalue weighted by Gasteiger charge is -2.05. The van der Waals surface area contributed by atoms with Crippen molar-refractivity contribution >= 4 is 5.97 Å². The van der Waals surface area contributed by atoms with Crippen LogP contribution in [-0.4, -0.2) is 16.2 Å². The number of hydrogen-bond donors (Lipinski definition) is 2. The molecular weight excluding hydrogens is 187 g/mol. The maximum absolute atomic E-state index is 13.5. The van der Waals surface area contributed by atoms with Crippen molar-refractivity contribution < 1.29 is 19.4 Å². The lowest BCUT2D eigenvalue weighted by atomic mass is 10.0. The molecule has 0 heterocycles. The predicted octanol–water partition coefficient (Wildman–Crippen LogP) is 2.11. The molecule has 3 nitrogen and oxygen atoms in total. The summed E-state index contributed by atoms with van der Waals surface area (Å²) in [4.78, 5) is 10.6. The molecule has 2 N–H and O–H groups in total. The molecule has 0 unspecified atom stereocenters. The summed E-state index contributed by atoms with van der Waals surface area (Å²) in [6.07, 6.45) is 1.78. The van der Waals surface area contributed by atoms with Gasteiger partial charge in [-0.25, -0.2) is 9.18 Å². The van der Waals surface area contributed by atoms with Gasteiger partial charge in [-0.15, -0.1) is 0 Å². The fourth-order valence-electron chi connectivity index (χ4n) is 1.50. The van der Waals surface area contributed by atoms with E-state index in [-0.39, 0.29) is 5.92 Å². The average Bonchev–Trinajstić information content (AvgIpc) is 2.86. The van der Waals surface area contributed by atoms with Crippen molar-refractivity contribution in [2.75, 3.05) is 0 Å². The molecule has 74 valence electrons. The number of carbonyl (C=O) groups is 1. The largest absolute Gasteiger partial charge is 0.507 e. The van der Waals surface area contributed by atoms with Gasteiger partial charge in [-0.3, -0.25) is 0 Å². The average molecular weight is 196 g/mol. The highest BCUT2D eigenvalue weighted by atomic mass is 19.1. The molecule has 0 spiro atoms. The standard InChI is InChI=1S/C10H9FO3/c11-9-6(5-1-2-5)3-4-7(12)8(9)10(13)14/h3-5,12H,1-2H2,(H,13,14). The fraction of sp³-hybridized carbons (Fsp3) is 0.300. The number of aromatic carboxylic acids is 1. The summed E-state index contributed by atoms with van der Waals surface area (Å²) < 4.78 is 13.5. The number of carboxylic acid groups (broad SMARTS) is 1. The first kappa shape index (κ1) is 8.99. The van der Waals surface area contributed by atoms with Crippen LogP contribution in [0.5, 0.6) is 5.75 Å². The van der Waals surface area contributed by atoms with Gasteiger partial charge in [-0.2, -0.15) is 0 Å². The van der Waals surface area contributed by atoms with Gasteiger partial charge in [0, 0.05) is 0 Å². The minimum absolute atomic E-state index is 0.133. The third kappa shape index (κ3) is 1.32. The molecule has 0 aromatic heterocycles. The summed E-state index contributed by atoms with van der Waals surface area (Å²) in [5, 5.41) is 17.8. The molecule has 4 heteroatoms. The van der Waals surface area contributed by atoms with Gasteiger partial charge < -0.3 is 10.2 Å².